The first kappa shape index (κ1) is 14.3. The lowest BCUT2D eigenvalue weighted by Gasteiger charge is -2.06. The predicted octanol–water partition coefficient (Wildman–Crippen LogP) is 3.24. The Morgan fingerprint density at radius 1 is 1.15 bits per heavy atom. The summed E-state index contributed by atoms with van der Waals surface area (Å²) in [6, 6.07) is 11.4. The van der Waals surface area contributed by atoms with Crippen molar-refractivity contribution in [1.29, 1.82) is 0 Å². The van der Waals surface area contributed by atoms with Crippen molar-refractivity contribution in [3.63, 3.8) is 0 Å². The van der Waals surface area contributed by atoms with Crippen molar-refractivity contribution in [2.45, 2.75) is 13.1 Å². The molecule has 20 heavy (non-hydrogen) atoms. The van der Waals surface area contributed by atoms with E-state index in [1.54, 1.807) is 36.4 Å². The number of nitrogens with zero attached hydrogens (tertiary/aromatic N) is 1. The van der Waals surface area contributed by atoms with Gasteiger partial charge in [0.25, 0.3) is 5.69 Å². The summed E-state index contributed by atoms with van der Waals surface area (Å²) in [5.41, 5.74) is 1.58. The molecular weight excluding hydrogens is 280 g/mol. The molecule has 5 nitrogen and oxygen atoms in total. The van der Waals surface area contributed by atoms with Gasteiger partial charge in [-0.05, 0) is 29.8 Å². The van der Waals surface area contributed by atoms with Crippen LogP contribution in [-0.2, 0) is 13.1 Å². The fraction of sp³-hybridized carbons (Fsp3) is 0.143. The molecule has 0 aliphatic heterocycles. The highest BCUT2D eigenvalue weighted by molar-refractivity contribution is 6.30. The van der Waals surface area contributed by atoms with Gasteiger partial charge in [-0.2, -0.15) is 0 Å². The van der Waals surface area contributed by atoms with Crippen LogP contribution in [0.5, 0.6) is 5.75 Å². The van der Waals surface area contributed by atoms with Crippen LogP contribution in [0.15, 0.2) is 42.5 Å². The van der Waals surface area contributed by atoms with Gasteiger partial charge in [-0.25, -0.2) is 0 Å². The number of nitro groups is 1. The normalized spacial score (nSPS) is 10.4. The summed E-state index contributed by atoms with van der Waals surface area (Å²) in [6.45, 7) is 0.925. The van der Waals surface area contributed by atoms with Crippen molar-refractivity contribution in [3.05, 3.63) is 68.7 Å². The molecule has 0 atom stereocenters. The van der Waals surface area contributed by atoms with Crippen molar-refractivity contribution in [2.24, 2.45) is 0 Å². The quantitative estimate of drug-likeness (QED) is 0.655. The Balaban J connectivity index is 2.00. The number of benzene rings is 2. The number of phenols is 1. The number of nitro benzene ring substituents is 1. The Morgan fingerprint density at radius 3 is 2.50 bits per heavy atom. The summed E-state index contributed by atoms with van der Waals surface area (Å²) < 4.78 is 0. The standard InChI is InChI=1S/C14H13ClN2O3/c15-12-4-3-11(14(7-12)17(19)20)9-16-8-10-1-5-13(18)6-2-10/h1-7,16,18H,8-9H2. The minimum atomic E-state index is -0.441. The monoisotopic (exact) mass is 292 g/mol. The molecule has 0 radical (unpaired) electrons. The Kier molecular flexibility index (Phi) is 4.55. The smallest absolute Gasteiger partial charge is 0.275 e. The number of rotatable bonds is 5. The molecule has 0 heterocycles. The van der Waals surface area contributed by atoms with Crippen LogP contribution in [0.4, 0.5) is 5.69 Å². The zero-order valence-corrected chi connectivity index (χ0v) is 11.3. The second-order valence-corrected chi connectivity index (χ2v) is 4.74. The van der Waals surface area contributed by atoms with Crippen LogP contribution in [0.3, 0.4) is 0 Å². The second-order valence-electron chi connectivity index (χ2n) is 4.30. The highest BCUT2D eigenvalue weighted by atomic mass is 35.5. The second kappa shape index (κ2) is 6.36. The molecular formula is C14H13ClN2O3. The van der Waals surface area contributed by atoms with Crippen LogP contribution < -0.4 is 5.32 Å². The summed E-state index contributed by atoms with van der Waals surface area (Å²) in [6.07, 6.45) is 0. The van der Waals surface area contributed by atoms with Gasteiger partial charge in [0, 0.05) is 29.7 Å². The van der Waals surface area contributed by atoms with Gasteiger partial charge < -0.3 is 10.4 Å². The molecule has 0 fully saturated rings. The SMILES string of the molecule is O=[N+]([O-])c1cc(Cl)ccc1CNCc1ccc(O)cc1. The summed E-state index contributed by atoms with van der Waals surface area (Å²) in [7, 11) is 0. The maximum atomic E-state index is 10.9. The molecule has 0 aromatic heterocycles. The molecule has 0 saturated carbocycles. The van der Waals surface area contributed by atoms with E-state index in [0.717, 1.165) is 5.56 Å². The first-order chi connectivity index (χ1) is 9.56. The first-order valence-electron chi connectivity index (χ1n) is 5.97. The summed E-state index contributed by atoms with van der Waals surface area (Å²) in [4.78, 5) is 10.5. The lowest BCUT2D eigenvalue weighted by atomic mass is 10.1. The number of halogens is 1. The molecule has 0 bridgehead atoms. The van der Waals surface area contributed by atoms with Crippen molar-refractivity contribution in [3.8, 4) is 5.75 Å². The van der Waals surface area contributed by atoms with Gasteiger partial charge in [0.15, 0.2) is 0 Å². The molecule has 2 aromatic rings. The van der Waals surface area contributed by atoms with Crippen molar-refractivity contribution < 1.29 is 10.0 Å². The third-order valence-electron chi connectivity index (χ3n) is 2.82. The first-order valence-corrected chi connectivity index (χ1v) is 6.35. The third-order valence-corrected chi connectivity index (χ3v) is 3.06. The van der Waals surface area contributed by atoms with Gasteiger partial charge in [0.05, 0.1) is 4.92 Å². The lowest BCUT2D eigenvalue weighted by Crippen LogP contribution is -2.13. The van der Waals surface area contributed by atoms with E-state index in [9.17, 15) is 15.2 Å². The topological polar surface area (TPSA) is 75.4 Å². The molecule has 2 rings (SSSR count). The van der Waals surface area contributed by atoms with E-state index in [1.165, 1.54) is 6.07 Å². The van der Waals surface area contributed by atoms with Crippen LogP contribution >= 0.6 is 11.6 Å². The third kappa shape index (κ3) is 3.69. The molecule has 104 valence electrons. The van der Waals surface area contributed by atoms with E-state index in [0.29, 0.717) is 23.7 Å². The maximum absolute atomic E-state index is 10.9. The van der Waals surface area contributed by atoms with Crippen LogP contribution in [0.1, 0.15) is 11.1 Å². The van der Waals surface area contributed by atoms with E-state index in [-0.39, 0.29) is 11.4 Å². The van der Waals surface area contributed by atoms with Gasteiger partial charge in [0.2, 0.25) is 0 Å². The van der Waals surface area contributed by atoms with E-state index >= 15 is 0 Å². The maximum Gasteiger partial charge on any atom is 0.275 e. The predicted molar refractivity (Wildman–Crippen MR) is 76.8 cm³/mol. The largest absolute Gasteiger partial charge is 0.508 e. The van der Waals surface area contributed by atoms with Gasteiger partial charge in [0.1, 0.15) is 5.75 Å². The fourth-order valence-electron chi connectivity index (χ4n) is 1.81. The number of hydrogen-bond acceptors (Lipinski definition) is 4. The Hall–Kier alpha value is -2.11. The molecule has 0 spiro atoms. The van der Waals surface area contributed by atoms with E-state index in [1.807, 2.05) is 0 Å². The Labute approximate surface area is 121 Å². The molecule has 6 heteroatoms. The summed E-state index contributed by atoms with van der Waals surface area (Å²) in [5, 5.41) is 23.6. The molecule has 0 saturated heterocycles. The van der Waals surface area contributed by atoms with Crippen LogP contribution in [0, 0.1) is 10.1 Å². The van der Waals surface area contributed by atoms with E-state index in [2.05, 4.69) is 5.32 Å². The fourth-order valence-corrected chi connectivity index (χ4v) is 1.98. The lowest BCUT2D eigenvalue weighted by molar-refractivity contribution is -0.385. The van der Waals surface area contributed by atoms with Crippen molar-refractivity contribution in [1.82, 2.24) is 5.32 Å². The molecule has 0 aliphatic carbocycles. The minimum absolute atomic E-state index is 0.00991. The average molecular weight is 293 g/mol. The van der Waals surface area contributed by atoms with Crippen molar-refractivity contribution >= 4 is 17.3 Å². The number of hydrogen-bond donors (Lipinski definition) is 2. The number of aromatic hydroxyl groups is 1. The Morgan fingerprint density at radius 2 is 1.85 bits per heavy atom. The Bertz CT molecular complexity index is 614. The van der Waals surface area contributed by atoms with E-state index < -0.39 is 4.92 Å². The molecule has 0 amide bonds. The number of nitrogens with one attached hydrogen (secondary N) is 1. The zero-order valence-electron chi connectivity index (χ0n) is 10.5. The molecule has 2 aromatic carbocycles. The van der Waals surface area contributed by atoms with Gasteiger partial charge in [-0.3, -0.25) is 10.1 Å². The molecule has 0 aliphatic rings. The van der Waals surface area contributed by atoms with Crippen molar-refractivity contribution in [2.75, 3.05) is 0 Å². The highest BCUT2D eigenvalue weighted by Gasteiger charge is 2.13. The van der Waals surface area contributed by atoms with Gasteiger partial charge in [-0.15, -0.1) is 0 Å². The van der Waals surface area contributed by atoms with Crippen LogP contribution in [0.2, 0.25) is 5.02 Å². The summed E-state index contributed by atoms with van der Waals surface area (Å²) >= 11 is 5.76. The van der Waals surface area contributed by atoms with E-state index in [4.69, 9.17) is 11.6 Å². The van der Waals surface area contributed by atoms with Crippen LogP contribution in [-0.4, -0.2) is 10.0 Å². The van der Waals surface area contributed by atoms with Gasteiger partial charge in [-0.1, -0.05) is 23.7 Å². The highest BCUT2D eigenvalue weighted by Crippen LogP contribution is 2.23. The molecule has 0 unspecified atom stereocenters. The summed E-state index contributed by atoms with van der Waals surface area (Å²) in [5.74, 6) is 0.210. The minimum Gasteiger partial charge on any atom is -0.508 e. The van der Waals surface area contributed by atoms with Gasteiger partial charge >= 0.3 is 0 Å². The van der Waals surface area contributed by atoms with Crippen LogP contribution in [0.25, 0.3) is 0 Å². The molecule has 2 N–H and O–H groups in total. The average Bonchev–Trinajstić information content (AvgIpc) is 2.42. The number of phenolic OH excluding ortho intramolecular Hbond substituents is 1. The zero-order chi connectivity index (χ0) is 14.5.